The molecule has 0 aliphatic carbocycles. The lowest BCUT2D eigenvalue weighted by atomic mass is 10.1. The summed E-state index contributed by atoms with van der Waals surface area (Å²) in [5, 5.41) is 5.81. The minimum atomic E-state index is -0.628. The minimum absolute atomic E-state index is 0.212. The van der Waals surface area contributed by atoms with Crippen LogP contribution in [0.5, 0.6) is 5.75 Å². The number of carbonyl (C=O) groups excluding carboxylic acids is 1. The molecule has 2 N–H and O–H groups in total. The Hall–Kier alpha value is -2.56. The average Bonchev–Trinajstić information content (AvgIpc) is 2.76. The van der Waals surface area contributed by atoms with E-state index in [0.717, 1.165) is 0 Å². The Morgan fingerprint density at radius 3 is 2.85 bits per heavy atom. The number of hydrogen-bond acceptors (Lipinski definition) is 3. The summed E-state index contributed by atoms with van der Waals surface area (Å²) in [6.45, 7) is 0. The van der Waals surface area contributed by atoms with Gasteiger partial charge in [-0.25, -0.2) is 4.39 Å². The van der Waals surface area contributed by atoms with Gasteiger partial charge in [0.25, 0.3) is 5.91 Å². The van der Waals surface area contributed by atoms with Crippen molar-refractivity contribution in [3.05, 3.63) is 53.8 Å². The van der Waals surface area contributed by atoms with Gasteiger partial charge in [-0.3, -0.25) is 4.79 Å². The summed E-state index contributed by atoms with van der Waals surface area (Å²) in [5.41, 5.74) is 1.91. The standard InChI is InChI=1S/C15H13FN2O2/c1-20-13-5-3-2-4-12(13)17-14-10-8-9(16)6-7-11(10)18-15(14)19/h2-8,14,17H,1H3,(H,18,19). The van der Waals surface area contributed by atoms with E-state index in [2.05, 4.69) is 10.6 Å². The lowest BCUT2D eigenvalue weighted by Crippen LogP contribution is -2.20. The number of anilines is 2. The molecule has 2 aromatic carbocycles. The third-order valence-corrected chi connectivity index (χ3v) is 3.25. The van der Waals surface area contributed by atoms with E-state index >= 15 is 0 Å². The Bertz CT molecular complexity index is 673. The molecule has 102 valence electrons. The highest BCUT2D eigenvalue weighted by atomic mass is 19.1. The molecule has 1 aliphatic rings. The van der Waals surface area contributed by atoms with Crippen molar-refractivity contribution in [3.63, 3.8) is 0 Å². The molecule has 1 aliphatic heterocycles. The number of amides is 1. The van der Waals surface area contributed by atoms with Gasteiger partial charge in [0.15, 0.2) is 0 Å². The van der Waals surface area contributed by atoms with Gasteiger partial charge in [-0.05, 0) is 30.3 Å². The number of rotatable bonds is 3. The van der Waals surface area contributed by atoms with Crippen molar-refractivity contribution in [3.8, 4) is 5.75 Å². The van der Waals surface area contributed by atoms with E-state index in [1.54, 1.807) is 19.2 Å². The van der Waals surface area contributed by atoms with Gasteiger partial charge in [0.2, 0.25) is 0 Å². The smallest absolute Gasteiger partial charge is 0.251 e. The summed E-state index contributed by atoms with van der Waals surface area (Å²) in [4.78, 5) is 12.0. The minimum Gasteiger partial charge on any atom is -0.495 e. The van der Waals surface area contributed by atoms with Crippen molar-refractivity contribution in [1.82, 2.24) is 0 Å². The zero-order valence-corrected chi connectivity index (χ0v) is 10.8. The molecule has 1 unspecified atom stereocenters. The van der Waals surface area contributed by atoms with Crippen molar-refractivity contribution < 1.29 is 13.9 Å². The fraction of sp³-hybridized carbons (Fsp3) is 0.133. The Labute approximate surface area is 115 Å². The first kappa shape index (κ1) is 12.5. The molecule has 0 aromatic heterocycles. The van der Waals surface area contributed by atoms with Gasteiger partial charge in [-0.2, -0.15) is 0 Å². The highest BCUT2D eigenvalue weighted by Crippen LogP contribution is 2.35. The molecule has 5 heteroatoms. The second kappa shape index (κ2) is 4.85. The number of fused-ring (bicyclic) bond motifs is 1. The topological polar surface area (TPSA) is 50.4 Å². The Morgan fingerprint density at radius 1 is 1.25 bits per heavy atom. The summed E-state index contributed by atoms with van der Waals surface area (Å²) in [6, 6.07) is 10.9. The Kier molecular flexibility index (Phi) is 3.02. The van der Waals surface area contributed by atoms with Gasteiger partial charge >= 0.3 is 0 Å². The van der Waals surface area contributed by atoms with Crippen molar-refractivity contribution in [1.29, 1.82) is 0 Å². The van der Waals surface area contributed by atoms with E-state index in [4.69, 9.17) is 4.74 Å². The van der Waals surface area contributed by atoms with Crippen molar-refractivity contribution in [2.45, 2.75) is 6.04 Å². The van der Waals surface area contributed by atoms with Crippen LogP contribution >= 0.6 is 0 Å². The third kappa shape index (κ3) is 2.07. The van der Waals surface area contributed by atoms with Crippen LogP contribution < -0.4 is 15.4 Å². The molecule has 2 aromatic rings. The van der Waals surface area contributed by atoms with Crippen molar-refractivity contribution in [2.75, 3.05) is 17.7 Å². The van der Waals surface area contributed by atoms with E-state index < -0.39 is 6.04 Å². The first-order valence-corrected chi connectivity index (χ1v) is 6.19. The average molecular weight is 272 g/mol. The van der Waals surface area contributed by atoms with Gasteiger partial charge in [-0.15, -0.1) is 0 Å². The van der Waals surface area contributed by atoms with Gasteiger partial charge in [0.1, 0.15) is 17.6 Å². The molecule has 20 heavy (non-hydrogen) atoms. The number of nitrogens with one attached hydrogen (secondary N) is 2. The molecule has 0 fully saturated rings. The molecule has 1 heterocycles. The molecule has 0 spiro atoms. The number of halogens is 1. The van der Waals surface area contributed by atoms with Crippen LogP contribution in [0.25, 0.3) is 0 Å². The van der Waals surface area contributed by atoms with Crippen LogP contribution in [0, 0.1) is 5.82 Å². The predicted molar refractivity (Wildman–Crippen MR) is 74.4 cm³/mol. The maximum atomic E-state index is 13.4. The van der Waals surface area contributed by atoms with E-state index in [1.165, 1.54) is 12.1 Å². The summed E-state index contributed by atoms with van der Waals surface area (Å²) in [5.74, 6) is 0.0498. The number of para-hydroxylation sites is 2. The molecule has 4 nitrogen and oxygen atoms in total. The van der Waals surface area contributed by atoms with Gasteiger partial charge in [0.05, 0.1) is 12.8 Å². The summed E-state index contributed by atoms with van der Waals surface area (Å²) >= 11 is 0. The highest BCUT2D eigenvalue weighted by molar-refractivity contribution is 6.04. The van der Waals surface area contributed by atoms with E-state index in [9.17, 15) is 9.18 Å². The second-order valence-electron chi connectivity index (χ2n) is 4.50. The van der Waals surface area contributed by atoms with E-state index in [0.29, 0.717) is 22.7 Å². The van der Waals surface area contributed by atoms with Crippen LogP contribution in [0.2, 0.25) is 0 Å². The molecule has 1 atom stereocenters. The largest absolute Gasteiger partial charge is 0.495 e. The predicted octanol–water partition coefficient (Wildman–Crippen LogP) is 2.94. The second-order valence-corrected chi connectivity index (χ2v) is 4.50. The fourth-order valence-electron chi connectivity index (χ4n) is 2.30. The van der Waals surface area contributed by atoms with Gasteiger partial charge in [0, 0.05) is 11.3 Å². The third-order valence-electron chi connectivity index (χ3n) is 3.25. The first-order chi connectivity index (χ1) is 9.69. The molecule has 0 saturated carbocycles. The molecule has 0 radical (unpaired) electrons. The Morgan fingerprint density at radius 2 is 2.05 bits per heavy atom. The fourth-order valence-corrected chi connectivity index (χ4v) is 2.30. The summed E-state index contributed by atoms with van der Waals surface area (Å²) in [7, 11) is 1.56. The molecule has 0 saturated heterocycles. The maximum absolute atomic E-state index is 13.4. The maximum Gasteiger partial charge on any atom is 0.251 e. The number of carbonyl (C=O) groups is 1. The SMILES string of the molecule is COc1ccccc1NC1C(=O)Nc2ccc(F)cc21. The van der Waals surface area contributed by atoms with E-state index in [1.807, 2.05) is 18.2 Å². The number of methoxy groups -OCH3 is 1. The van der Waals surface area contributed by atoms with Crippen LogP contribution in [0.3, 0.4) is 0 Å². The lowest BCUT2D eigenvalue weighted by Gasteiger charge is -2.15. The van der Waals surface area contributed by atoms with E-state index in [-0.39, 0.29) is 11.7 Å². The normalized spacial score (nSPS) is 16.5. The van der Waals surface area contributed by atoms with Crippen molar-refractivity contribution >= 4 is 17.3 Å². The number of benzene rings is 2. The van der Waals surface area contributed by atoms with Gasteiger partial charge in [-0.1, -0.05) is 12.1 Å². The van der Waals surface area contributed by atoms with Crippen LogP contribution in [0.15, 0.2) is 42.5 Å². The Balaban J connectivity index is 1.96. The monoisotopic (exact) mass is 272 g/mol. The zero-order chi connectivity index (χ0) is 14.1. The summed E-state index contributed by atoms with van der Waals surface area (Å²) in [6.07, 6.45) is 0. The van der Waals surface area contributed by atoms with Crippen LogP contribution in [0.1, 0.15) is 11.6 Å². The van der Waals surface area contributed by atoms with Crippen LogP contribution in [-0.2, 0) is 4.79 Å². The zero-order valence-electron chi connectivity index (χ0n) is 10.8. The molecule has 1 amide bonds. The number of ether oxygens (including phenoxy) is 1. The highest BCUT2D eigenvalue weighted by Gasteiger charge is 2.31. The molecular weight excluding hydrogens is 259 g/mol. The van der Waals surface area contributed by atoms with Crippen molar-refractivity contribution in [2.24, 2.45) is 0 Å². The molecule has 3 rings (SSSR count). The molecular formula is C15H13FN2O2. The quantitative estimate of drug-likeness (QED) is 0.903. The van der Waals surface area contributed by atoms with Gasteiger partial charge < -0.3 is 15.4 Å². The lowest BCUT2D eigenvalue weighted by molar-refractivity contribution is -0.116. The summed E-state index contributed by atoms with van der Waals surface area (Å²) < 4.78 is 18.6. The molecule has 0 bridgehead atoms. The first-order valence-electron chi connectivity index (χ1n) is 6.19. The van der Waals surface area contributed by atoms with Crippen LogP contribution in [0.4, 0.5) is 15.8 Å². The van der Waals surface area contributed by atoms with Crippen LogP contribution in [-0.4, -0.2) is 13.0 Å². The number of hydrogen-bond donors (Lipinski definition) is 2.